The Hall–Kier alpha value is -4.27. The number of pyridine rings is 2. The van der Waals surface area contributed by atoms with Crippen molar-refractivity contribution in [2.24, 2.45) is 7.05 Å². The number of carbonyl (C=O) groups is 1. The lowest BCUT2D eigenvalue weighted by Crippen LogP contribution is -2.53. The van der Waals surface area contributed by atoms with Crippen molar-refractivity contribution in [2.75, 3.05) is 39.4 Å². The number of fused-ring (bicyclic) bond motifs is 1. The summed E-state index contributed by atoms with van der Waals surface area (Å²) < 4.78 is 9.21. The zero-order valence-electron chi connectivity index (χ0n) is 20.5. The highest BCUT2D eigenvalue weighted by Gasteiger charge is 2.33. The Morgan fingerprint density at radius 1 is 1.11 bits per heavy atom. The van der Waals surface area contributed by atoms with Crippen LogP contribution in [0.4, 0.5) is 4.79 Å². The van der Waals surface area contributed by atoms with E-state index >= 15 is 0 Å². The molecule has 2 fully saturated rings. The number of nitrogens with zero attached hydrogens (tertiary/aromatic N) is 7. The number of piperazine rings is 1. The molecule has 2 aliphatic rings. The van der Waals surface area contributed by atoms with Crippen molar-refractivity contribution in [1.29, 1.82) is 5.26 Å². The molecular weight excluding hydrogens is 470 g/mol. The van der Waals surface area contributed by atoms with Gasteiger partial charge in [0.15, 0.2) is 0 Å². The highest BCUT2D eigenvalue weighted by atomic mass is 16.5. The molecule has 0 aliphatic carbocycles. The van der Waals surface area contributed by atoms with E-state index in [1.54, 1.807) is 21.6 Å². The van der Waals surface area contributed by atoms with Crippen molar-refractivity contribution >= 4 is 11.5 Å². The predicted octanol–water partition coefficient (Wildman–Crippen LogP) is 1.77. The van der Waals surface area contributed by atoms with Crippen LogP contribution >= 0.6 is 0 Å². The van der Waals surface area contributed by atoms with Crippen molar-refractivity contribution in [2.45, 2.75) is 12.0 Å². The fourth-order valence-electron chi connectivity index (χ4n) is 5.04. The highest BCUT2D eigenvalue weighted by molar-refractivity contribution is 5.87. The molecule has 6 rings (SSSR count). The van der Waals surface area contributed by atoms with E-state index in [0.29, 0.717) is 31.9 Å². The number of amides is 2. The van der Waals surface area contributed by atoms with Gasteiger partial charge in [-0.15, -0.1) is 0 Å². The zero-order chi connectivity index (χ0) is 25.4. The van der Waals surface area contributed by atoms with Gasteiger partial charge in [0.2, 0.25) is 0 Å². The number of nitrogens with one attached hydrogen (secondary N) is 2. The van der Waals surface area contributed by atoms with Gasteiger partial charge in [0.05, 0.1) is 42.7 Å². The summed E-state index contributed by atoms with van der Waals surface area (Å²) in [6.07, 6.45) is 9.04. The standard InChI is InChI=1S/C26H27N9O2/c1-33-13-20(12-30-33)18-8-21(25-19(9-27)11-31-35(25)14-18)17-2-3-23(29-10-17)22-15-37-16-24(22)32-26(36)34-6-4-28-5-7-34/h2-3,8,10-14,22,24,28H,4-7,15-16H2,1H3,(H,32,36)/t22-,24-/m0/s1. The van der Waals surface area contributed by atoms with E-state index in [1.165, 1.54) is 0 Å². The van der Waals surface area contributed by atoms with Crippen LogP contribution in [0.5, 0.6) is 0 Å². The van der Waals surface area contributed by atoms with E-state index in [1.807, 2.05) is 48.7 Å². The second kappa shape index (κ2) is 9.65. The van der Waals surface area contributed by atoms with Gasteiger partial charge in [0, 0.05) is 85.7 Å². The van der Waals surface area contributed by atoms with Gasteiger partial charge >= 0.3 is 6.03 Å². The Morgan fingerprint density at radius 2 is 1.97 bits per heavy atom. The Bertz CT molecular complexity index is 1480. The molecule has 188 valence electrons. The van der Waals surface area contributed by atoms with Crippen LogP contribution < -0.4 is 10.6 Å². The van der Waals surface area contributed by atoms with E-state index in [9.17, 15) is 10.1 Å². The Balaban J connectivity index is 1.29. The molecule has 0 unspecified atom stereocenters. The summed E-state index contributed by atoms with van der Waals surface area (Å²) in [5, 5.41) is 24.8. The van der Waals surface area contributed by atoms with Crippen molar-refractivity contribution in [3.8, 4) is 28.3 Å². The molecule has 4 aromatic rings. The third-order valence-electron chi connectivity index (χ3n) is 7.04. The van der Waals surface area contributed by atoms with Gasteiger partial charge in [-0.2, -0.15) is 15.5 Å². The topological polar surface area (TPSA) is 125 Å². The lowest BCUT2D eigenvalue weighted by atomic mass is 9.97. The predicted molar refractivity (Wildman–Crippen MR) is 136 cm³/mol. The lowest BCUT2D eigenvalue weighted by molar-refractivity contribution is 0.174. The van der Waals surface area contributed by atoms with Gasteiger partial charge in [0.1, 0.15) is 6.07 Å². The number of aryl methyl sites for hydroxylation is 1. The molecule has 2 N–H and O–H groups in total. The summed E-state index contributed by atoms with van der Waals surface area (Å²) in [5.74, 6) is -0.0349. The summed E-state index contributed by atoms with van der Waals surface area (Å²) in [5.41, 5.74) is 5.71. The molecule has 0 bridgehead atoms. The molecule has 2 aliphatic heterocycles. The number of urea groups is 1. The first kappa shape index (κ1) is 23.1. The molecule has 0 spiro atoms. The molecule has 2 saturated heterocycles. The number of nitriles is 1. The molecule has 0 radical (unpaired) electrons. The minimum atomic E-state index is -0.138. The minimum absolute atomic E-state index is 0.0349. The first-order valence-electron chi connectivity index (χ1n) is 12.3. The van der Waals surface area contributed by atoms with Crippen LogP contribution in [0, 0.1) is 11.3 Å². The molecule has 2 atom stereocenters. The summed E-state index contributed by atoms with van der Waals surface area (Å²) in [6.45, 7) is 3.97. The second-order valence-corrected chi connectivity index (χ2v) is 9.42. The fourth-order valence-corrected chi connectivity index (χ4v) is 5.04. The number of hydrogen-bond acceptors (Lipinski definition) is 7. The maximum absolute atomic E-state index is 12.8. The van der Waals surface area contributed by atoms with E-state index in [2.05, 4.69) is 26.9 Å². The smallest absolute Gasteiger partial charge is 0.317 e. The zero-order valence-corrected chi connectivity index (χ0v) is 20.5. The average molecular weight is 498 g/mol. The van der Waals surface area contributed by atoms with Crippen molar-refractivity contribution in [3.63, 3.8) is 0 Å². The largest absolute Gasteiger partial charge is 0.379 e. The maximum Gasteiger partial charge on any atom is 0.317 e. The van der Waals surface area contributed by atoms with Gasteiger partial charge in [0.25, 0.3) is 0 Å². The van der Waals surface area contributed by atoms with E-state index in [4.69, 9.17) is 9.72 Å². The number of aromatic nitrogens is 5. The molecule has 2 amide bonds. The molecule has 6 heterocycles. The molecule has 4 aromatic heterocycles. The van der Waals surface area contributed by atoms with E-state index in [0.717, 1.165) is 46.6 Å². The highest BCUT2D eigenvalue weighted by Crippen LogP contribution is 2.33. The maximum atomic E-state index is 12.8. The number of carbonyl (C=O) groups excluding carboxylic acids is 1. The second-order valence-electron chi connectivity index (χ2n) is 9.42. The van der Waals surface area contributed by atoms with Gasteiger partial charge < -0.3 is 20.3 Å². The SMILES string of the molecule is Cn1cc(-c2cc(-c3ccc([C@@H]4COC[C@@H]4NC(=O)N4CCNCC4)nc3)c3c(C#N)cnn3c2)cn1. The minimum Gasteiger partial charge on any atom is -0.379 e. The summed E-state index contributed by atoms with van der Waals surface area (Å²) in [7, 11) is 1.87. The summed E-state index contributed by atoms with van der Waals surface area (Å²) in [4.78, 5) is 19.4. The third kappa shape index (κ3) is 4.41. The monoisotopic (exact) mass is 497 g/mol. The number of ether oxygens (including phenoxy) is 1. The van der Waals surface area contributed by atoms with Gasteiger partial charge in [-0.3, -0.25) is 9.67 Å². The Labute approximate surface area is 213 Å². The molecule has 0 saturated carbocycles. The van der Waals surface area contributed by atoms with E-state index < -0.39 is 0 Å². The normalized spacial score (nSPS) is 19.7. The summed E-state index contributed by atoms with van der Waals surface area (Å²) in [6, 6.07) is 8.08. The third-order valence-corrected chi connectivity index (χ3v) is 7.04. The van der Waals surface area contributed by atoms with Crippen LogP contribution in [0.2, 0.25) is 0 Å². The Morgan fingerprint density at radius 3 is 2.70 bits per heavy atom. The quantitative estimate of drug-likeness (QED) is 0.440. The van der Waals surface area contributed by atoms with Crippen LogP contribution in [0.1, 0.15) is 17.2 Å². The fraction of sp³-hybridized carbons (Fsp3) is 0.346. The van der Waals surface area contributed by atoms with Gasteiger partial charge in [-0.05, 0) is 12.1 Å². The van der Waals surface area contributed by atoms with Crippen LogP contribution in [-0.2, 0) is 11.8 Å². The average Bonchev–Trinajstić information content (AvgIpc) is 3.68. The van der Waals surface area contributed by atoms with Crippen molar-refractivity contribution in [1.82, 2.24) is 39.9 Å². The first-order chi connectivity index (χ1) is 18.1. The van der Waals surface area contributed by atoms with E-state index in [-0.39, 0.29) is 18.0 Å². The molecule has 0 aromatic carbocycles. The molecule has 37 heavy (non-hydrogen) atoms. The van der Waals surface area contributed by atoms with Crippen molar-refractivity contribution < 1.29 is 9.53 Å². The van der Waals surface area contributed by atoms with Crippen LogP contribution in [0.3, 0.4) is 0 Å². The molecule has 11 nitrogen and oxygen atoms in total. The molecule has 11 heteroatoms. The van der Waals surface area contributed by atoms with Gasteiger partial charge in [-0.1, -0.05) is 6.07 Å². The first-order valence-corrected chi connectivity index (χ1v) is 12.3. The van der Waals surface area contributed by atoms with Crippen LogP contribution in [0.15, 0.2) is 49.2 Å². The van der Waals surface area contributed by atoms with Crippen molar-refractivity contribution in [3.05, 3.63) is 60.4 Å². The van der Waals surface area contributed by atoms with Crippen LogP contribution in [-0.4, -0.2) is 80.7 Å². The van der Waals surface area contributed by atoms with Gasteiger partial charge in [-0.25, -0.2) is 9.31 Å². The Kier molecular flexibility index (Phi) is 6.04. The number of hydrogen-bond donors (Lipinski definition) is 2. The number of rotatable bonds is 4. The lowest BCUT2D eigenvalue weighted by Gasteiger charge is -2.29. The molecular formula is C26H27N9O2. The van der Waals surface area contributed by atoms with Crippen LogP contribution in [0.25, 0.3) is 27.8 Å². The summed E-state index contributed by atoms with van der Waals surface area (Å²) >= 11 is 0.